The second-order valence-electron chi connectivity index (χ2n) is 4.15. The summed E-state index contributed by atoms with van der Waals surface area (Å²) in [7, 11) is 1.60. The fourth-order valence-corrected chi connectivity index (χ4v) is 2.13. The Kier molecular flexibility index (Phi) is 4.42. The van der Waals surface area contributed by atoms with E-state index in [0.717, 1.165) is 15.0 Å². The first kappa shape index (κ1) is 13.9. The van der Waals surface area contributed by atoms with Crippen molar-refractivity contribution >= 4 is 34.2 Å². The molecule has 1 amide bonds. The molecule has 0 heterocycles. The maximum atomic E-state index is 12.1. The van der Waals surface area contributed by atoms with E-state index >= 15 is 0 Å². The molecule has 0 bridgehead atoms. The van der Waals surface area contributed by atoms with E-state index in [1.807, 2.05) is 25.1 Å². The molecule has 19 heavy (non-hydrogen) atoms. The second kappa shape index (κ2) is 6.06. The van der Waals surface area contributed by atoms with Gasteiger partial charge in [0.25, 0.3) is 5.91 Å². The lowest BCUT2D eigenvalue weighted by Gasteiger charge is -2.07. The van der Waals surface area contributed by atoms with Crippen molar-refractivity contribution in [1.29, 1.82) is 0 Å². The van der Waals surface area contributed by atoms with E-state index in [-0.39, 0.29) is 5.91 Å². The molecule has 2 rings (SSSR count). The summed E-state index contributed by atoms with van der Waals surface area (Å²) in [4.78, 5) is 12.1. The Morgan fingerprint density at radius 2 is 1.84 bits per heavy atom. The lowest BCUT2D eigenvalue weighted by Crippen LogP contribution is -2.11. The van der Waals surface area contributed by atoms with Crippen molar-refractivity contribution in [2.45, 2.75) is 6.92 Å². The summed E-state index contributed by atoms with van der Waals surface area (Å²) >= 11 is 2.25. The summed E-state index contributed by atoms with van der Waals surface area (Å²) in [6.07, 6.45) is 0. The third-order valence-electron chi connectivity index (χ3n) is 2.78. The fraction of sp³-hybridized carbons (Fsp3) is 0.133. The van der Waals surface area contributed by atoms with E-state index in [2.05, 4.69) is 27.9 Å². The van der Waals surface area contributed by atoms with Crippen LogP contribution in [0.2, 0.25) is 0 Å². The van der Waals surface area contributed by atoms with Gasteiger partial charge >= 0.3 is 0 Å². The van der Waals surface area contributed by atoms with Gasteiger partial charge in [-0.25, -0.2) is 0 Å². The molecule has 0 aromatic heterocycles. The Balaban J connectivity index is 2.13. The molecule has 0 atom stereocenters. The van der Waals surface area contributed by atoms with Crippen molar-refractivity contribution < 1.29 is 9.53 Å². The van der Waals surface area contributed by atoms with Gasteiger partial charge in [-0.05, 0) is 71.5 Å². The lowest BCUT2D eigenvalue weighted by atomic mass is 10.2. The highest BCUT2D eigenvalue weighted by molar-refractivity contribution is 14.1. The summed E-state index contributed by atoms with van der Waals surface area (Å²) in [5, 5.41) is 2.88. The Bertz CT molecular complexity index is 594. The summed E-state index contributed by atoms with van der Waals surface area (Å²) in [5.74, 6) is 0.615. The molecule has 0 saturated heterocycles. The van der Waals surface area contributed by atoms with Crippen molar-refractivity contribution in [1.82, 2.24) is 0 Å². The Labute approximate surface area is 126 Å². The molecule has 0 spiro atoms. The molecule has 4 heteroatoms. The van der Waals surface area contributed by atoms with Crippen molar-refractivity contribution in [2.24, 2.45) is 0 Å². The van der Waals surface area contributed by atoms with E-state index in [1.54, 1.807) is 31.4 Å². The minimum absolute atomic E-state index is 0.123. The molecule has 98 valence electrons. The van der Waals surface area contributed by atoms with E-state index in [9.17, 15) is 4.79 Å². The second-order valence-corrected chi connectivity index (χ2v) is 5.31. The number of aryl methyl sites for hydroxylation is 1. The first-order valence-corrected chi connectivity index (χ1v) is 6.89. The molecule has 0 fully saturated rings. The molecular weight excluding hydrogens is 353 g/mol. The molecule has 0 aliphatic carbocycles. The van der Waals surface area contributed by atoms with Crippen LogP contribution < -0.4 is 10.1 Å². The number of ether oxygens (including phenoxy) is 1. The zero-order valence-corrected chi connectivity index (χ0v) is 12.9. The molecule has 2 aromatic rings. The molecule has 0 unspecified atom stereocenters. The number of anilines is 1. The molecule has 0 radical (unpaired) electrons. The molecular formula is C15H14INO2. The predicted molar refractivity (Wildman–Crippen MR) is 84.8 cm³/mol. The zero-order chi connectivity index (χ0) is 13.8. The minimum atomic E-state index is -0.123. The van der Waals surface area contributed by atoms with Crippen LogP contribution in [0.1, 0.15) is 15.9 Å². The monoisotopic (exact) mass is 367 g/mol. The van der Waals surface area contributed by atoms with Gasteiger partial charge in [-0.1, -0.05) is 6.07 Å². The van der Waals surface area contributed by atoms with Gasteiger partial charge in [0.15, 0.2) is 0 Å². The summed E-state index contributed by atoms with van der Waals surface area (Å²) in [6.45, 7) is 2.04. The number of amides is 1. The number of methoxy groups -OCH3 is 1. The summed E-state index contributed by atoms with van der Waals surface area (Å²) in [6, 6.07) is 12.9. The Morgan fingerprint density at radius 1 is 1.16 bits per heavy atom. The van der Waals surface area contributed by atoms with E-state index < -0.39 is 0 Å². The number of carbonyl (C=O) groups is 1. The van der Waals surface area contributed by atoms with Gasteiger partial charge in [-0.3, -0.25) is 4.79 Å². The first-order chi connectivity index (χ1) is 9.10. The van der Waals surface area contributed by atoms with E-state index in [1.165, 1.54) is 5.56 Å². The van der Waals surface area contributed by atoms with Crippen LogP contribution in [0.15, 0.2) is 42.5 Å². The fourth-order valence-electron chi connectivity index (χ4n) is 1.62. The van der Waals surface area contributed by atoms with Crippen molar-refractivity contribution in [3.63, 3.8) is 0 Å². The zero-order valence-electron chi connectivity index (χ0n) is 10.7. The van der Waals surface area contributed by atoms with Crippen LogP contribution in [0.3, 0.4) is 0 Å². The SMILES string of the molecule is COc1ccc(C(=O)Nc2ccc(C)c(I)c2)cc1. The van der Waals surface area contributed by atoms with Gasteiger partial charge in [-0.2, -0.15) is 0 Å². The predicted octanol–water partition coefficient (Wildman–Crippen LogP) is 3.86. The van der Waals surface area contributed by atoms with Crippen molar-refractivity contribution in [3.8, 4) is 5.75 Å². The standard InChI is InChI=1S/C15H14INO2/c1-10-3-6-12(9-14(10)16)17-15(18)11-4-7-13(19-2)8-5-11/h3-9H,1-2H3,(H,17,18). The van der Waals surface area contributed by atoms with E-state index in [4.69, 9.17) is 4.74 Å². The highest BCUT2D eigenvalue weighted by Crippen LogP contribution is 2.18. The normalized spacial score (nSPS) is 10.1. The number of carbonyl (C=O) groups excluding carboxylic acids is 1. The largest absolute Gasteiger partial charge is 0.497 e. The van der Waals surface area contributed by atoms with Gasteiger partial charge in [0.05, 0.1) is 7.11 Å². The van der Waals surface area contributed by atoms with Crippen LogP contribution >= 0.6 is 22.6 Å². The van der Waals surface area contributed by atoms with Crippen molar-refractivity contribution in [3.05, 3.63) is 57.2 Å². The smallest absolute Gasteiger partial charge is 0.255 e. The average molecular weight is 367 g/mol. The third-order valence-corrected chi connectivity index (χ3v) is 3.94. The average Bonchev–Trinajstić information content (AvgIpc) is 2.43. The van der Waals surface area contributed by atoms with Crippen LogP contribution in [0.4, 0.5) is 5.69 Å². The van der Waals surface area contributed by atoms with Crippen LogP contribution in [0, 0.1) is 10.5 Å². The minimum Gasteiger partial charge on any atom is -0.497 e. The maximum absolute atomic E-state index is 12.1. The van der Waals surface area contributed by atoms with Crippen LogP contribution in [-0.4, -0.2) is 13.0 Å². The summed E-state index contributed by atoms with van der Waals surface area (Å²) < 4.78 is 6.19. The first-order valence-electron chi connectivity index (χ1n) is 5.81. The molecule has 0 aliphatic rings. The number of hydrogen-bond donors (Lipinski definition) is 1. The van der Waals surface area contributed by atoms with Crippen LogP contribution in [0.5, 0.6) is 5.75 Å². The van der Waals surface area contributed by atoms with Gasteiger partial charge in [0.2, 0.25) is 0 Å². The number of halogens is 1. The Morgan fingerprint density at radius 3 is 2.42 bits per heavy atom. The Hall–Kier alpha value is -1.56. The van der Waals surface area contributed by atoms with Crippen molar-refractivity contribution in [2.75, 3.05) is 12.4 Å². The molecule has 0 saturated carbocycles. The lowest BCUT2D eigenvalue weighted by molar-refractivity contribution is 0.102. The van der Waals surface area contributed by atoms with E-state index in [0.29, 0.717) is 5.56 Å². The maximum Gasteiger partial charge on any atom is 0.255 e. The topological polar surface area (TPSA) is 38.3 Å². The van der Waals surface area contributed by atoms with Gasteiger partial charge in [0.1, 0.15) is 5.75 Å². The molecule has 2 aromatic carbocycles. The summed E-state index contributed by atoms with van der Waals surface area (Å²) in [5.41, 5.74) is 2.61. The molecule has 1 N–H and O–H groups in total. The van der Waals surface area contributed by atoms with Crippen LogP contribution in [-0.2, 0) is 0 Å². The molecule has 3 nitrogen and oxygen atoms in total. The quantitative estimate of drug-likeness (QED) is 0.837. The third kappa shape index (κ3) is 3.47. The van der Waals surface area contributed by atoms with Gasteiger partial charge in [0, 0.05) is 14.8 Å². The van der Waals surface area contributed by atoms with Gasteiger partial charge < -0.3 is 10.1 Å². The molecule has 0 aliphatic heterocycles. The number of hydrogen-bond acceptors (Lipinski definition) is 2. The highest BCUT2D eigenvalue weighted by Gasteiger charge is 2.06. The number of nitrogens with one attached hydrogen (secondary N) is 1. The van der Waals surface area contributed by atoms with Gasteiger partial charge in [-0.15, -0.1) is 0 Å². The highest BCUT2D eigenvalue weighted by atomic mass is 127. The number of benzene rings is 2. The number of rotatable bonds is 3. The van der Waals surface area contributed by atoms with Crippen LogP contribution in [0.25, 0.3) is 0 Å².